The number of benzene rings is 1. The molecule has 5 nitrogen and oxygen atoms in total. The van der Waals surface area contributed by atoms with Gasteiger partial charge in [0.15, 0.2) is 0 Å². The van der Waals surface area contributed by atoms with Crippen LogP contribution in [-0.2, 0) is 20.6 Å². The third-order valence-electron chi connectivity index (χ3n) is 5.68. The van der Waals surface area contributed by atoms with Crippen molar-refractivity contribution in [2.24, 2.45) is 5.92 Å². The molecule has 1 heterocycles. The fourth-order valence-corrected chi connectivity index (χ4v) is 6.01. The molecule has 3 rings (SSSR count). The first-order valence-corrected chi connectivity index (χ1v) is 11.8. The van der Waals surface area contributed by atoms with E-state index in [1.165, 1.54) is 4.31 Å². The summed E-state index contributed by atoms with van der Waals surface area (Å²) in [4.78, 5) is 14.7. The summed E-state index contributed by atoms with van der Waals surface area (Å²) in [5.74, 6) is -0.312. The van der Waals surface area contributed by atoms with Gasteiger partial charge in [-0.25, -0.2) is 12.7 Å². The minimum absolute atomic E-state index is 0.0799. The van der Waals surface area contributed by atoms with Gasteiger partial charge in [-0.1, -0.05) is 42.1 Å². The molecular weight excluding hydrogens is 407 g/mol. The lowest BCUT2D eigenvalue weighted by Gasteiger charge is -2.35. The largest absolute Gasteiger partial charge is 0.342 e. The van der Waals surface area contributed by atoms with E-state index in [0.717, 1.165) is 32.1 Å². The first kappa shape index (κ1) is 20.9. The number of piperidine rings is 1. The van der Waals surface area contributed by atoms with Crippen LogP contribution in [0.4, 0.5) is 0 Å². The van der Waals surface area contributed by atoms with Crippen LogP contribution < -0.4 is 0 Å². The van der Waals surface area contributed by atoms with Gasteiger partial charge in [0, 0.05) is 26.2 Å². The van der Waals surface area contributed by atoms with E-state index in [2.05, 4.69) is 0 Å². The maximum Gasteiger partial charge on any atom is 0.227 e. The van der Waals surface area contributed by atoms with Gasteiger partial charge in [-0.05, 0) is 43.4 Å². The summed E-state index contributed by atoms with van der Waals surface area (Å²) in [6.07, 6.45) is 5.88. The molecule has 0 N–H and O–H groups in total. The summed E-state index contributed by atoms with van der Waals surface area (Å²) in [5.41, 5.74) is 0.598. The van der Waals surface area contributed by atoms with Gasteiger partial charge in [0.05, 0.1) is 21.7 Å². The first-order valence-electron chi connectivity index (χ1n) is 9.46. The van der Waals surface area contributed by atoms with Gasteiger partial charge in [0.2, 0.25) is 15.9 Å². The topological polar surface area (TPSA) is 57.7 Å². The van der Waals surface area contributed by atoms with E-state index in [1.54, 1.807) is 18.2 Å². The highest BCUT2D eigenvalue weighted by Gasteiger charge is 2.35. The lowest BCUT2D eigenvalue weighted by molar-refractivity contribution is -0.137. The molecule has 150 valence electrons. The third kappa shape index (κ3) is 4.97. The Balaban J connectivity index is 1.66. The number of amides is 1. The van der Waals surface area contributed by atoms with E-state index in [-0.39, 0.29) is 24.1 Å². The SMILES string of the molecule is CN(C(=O)[C@H]1CCCN(S(=O)(=O)Cc2ccc(Cl)c(Cl)c2)C1)C1CCCC1. The van der Waals surface area contributed by atoms with E-state index in [1.807, 2.05) is 11.9 Å². The predicted octanol–water partition coefficient (Wildman–Crippen LogP) is 3.94. The zero-order chi connectivity index (χ0) is 19.6. The van der Waals surface area contributed by atoms with Crippen molar-refractivity contribution in [3.8, 4) is 0 Å². The number of carbonyl (C=O) groups is 1. The third-order valence-corrected chi connectivity index (χ3v) is 8.24. The number of carbonyl (C=O) groups excluding carboxylic acids is 1. The lowest BCUT2D eigenvalue weighted by Crippen LogP contribution is -2.48. The van der Waals surface area contributed by atoms with Gasteiger partial charge in [-0.15, -0.1) is 0 Å². The second kappa shape index (κ2) is 8.68. The average Bonchev–Trinajstić information content (AvgIpc) is 3.18. The number of hydrogen-bond donors (Lipinski definition) is 0. The molecular formula is C19H26Cl2N2O3S. The smallest absolute Gasteiger partial charge is 0.227 e. The van der Waals surface area contributed by atoms with Crippen LogP contribution in [0, 0.1) is 5.92 Å². The normalized spacial score (nSPS) is 22.1. The molecule has 1 amide bonds. The minimum Gasteiger partial charge on any atom is -0.342 e. The molecule has 8 heteroatoms. The molecule has 1 saturated carbocycles. The Bertz CT molecular complexity index is 794. The number of sulfonamides is 1. The van der Waals surface area contributed by atoms with Crippen molar-refractivity contribution in [2.75, 3.05) is 20.1 Å². The van der Waals surface area contributed by atoms with Crippen LogP contribution >= 0.6 is 23.2 Å². The molecule has 1 aromatic carbocycles. The van der Waals surface area contributed by atoms with Crippen molar-refractivity contribution in [3.05, 3.63) is 33.8 Å². The summed E-state index contributed by atoms with van der Waals surface area (Å²) >= 11 is 11.9. The molecule has 0 radical (unpaired) electrons. The first-order chi connectivity index (χ1) is 12.8. The fraction of sp³-hybridized carbons (Fsp3) is 0.632. The average molecular weight is 433 g/mol. The molecule has 1 atom stereocenters. The van der Waals surface area contributed by atoms with Crippen LogP contribution in [0.5, 0.6) is 0 Å². The summed E-state index contributed by atoms with van der Waals surface area (Å²) in [6.45, 7) is 0.722. The van der Waals surface area contributed by atoms with E-state index < -0.39 is 10.0 Å². The van der Waals surface area contributed by atoms with Crippen LogP contribution in [0.25, 0.3) is 0 Å². The predicted molar refractivity (Wildman–Crippen MR) is 108 cm³/mol. The van der Waals surface area contributed by atoms with E-state index in [9.17, 15) is 13.2 Å². The van der Waals surface area contributed by atoms with Crippen molar-refractivity contribution in [2.45, 2.75) is 50.3 Å². The molecule has 0 unspecified atom stereocenters. The molecule has 0 spiro atoms. The molecule has 1 aromatic rings. The molecule has 0 bridgehead atoms. The Labute approximate surface area is 171 Å². The number of nitrogens with zero attached hydrogens (tertiary/aromatic N) is 2. The number of hydrogen-bond acceptors (Lipinski definition) is 3. The molecule has 0 aromatic heterocycles. The zero-order valence-corrected chi connectivity index (χ0v) is 17.9. The van der Waals surface area contributed by atoms with Gasteiger partial charge < -0.3 is 4.90 Å². The fourth-order valence-electron chi connectivity index (χ4n) is 4.09. The van der Waals surface area contributed by atoms with Crippen LogP contribution in [0.3, 0.4) is 0 Å². The maximum atomic E-state index is 12.9. The second-order valence-corrected chi connectivity index (χ2v) is 10.4. The van der Waals surface area contributed by atoms with Crippen molar-refractivity contribution < 1.29 is 13.2 Å². The highest BCUT2D eigenvalue weighted by Crippen LogP contribution is 2.28. The van der Waals surface area contributed by atoms with Gasteiger partial charge in [-0.3, -0.25) is 4.79 Å². The van der Waals surface area contributed by atoms with Crippen molar-refractivity contribution in [1.29, 1.82) is 0 Å². The Hall–Kier alpha value is -0.820. The molecule has 27 heavy (non-hydrogen) atoms. The van der Waals surface area contributed by atoms with Gasteiger partial charge in [0.25, 0.3) is 0 Å². The standard InChI is InChI=1S/C19H26Cl2N2O3S/c1-22(16-6-2-3-7-16)19(24)15-5-4-10-23(12-15)27(25,26)13-14-8-9-17(20)18(21)11-14/h8-9,11,15-16H,2-7,10,12-13H2,1H3/t15-/m0/s1. The van der Waals surface area contributed by atoms with Gasteiger partial charge in [0.1, 0.15) is 0 Å². The van der Waals surface area contributed by atoms with Crippen LogP contribution in [0.1, 0.15) is 44.1 Å². The Morgan fingerprint density at radius 3 is 2.52 bits per heavy atom. The van der Waals surface area contributed by atoms with Crippen LogP contribution in [-0.4, -0.2) is 49.7 Å². The van der Waals surface area contributed by atoms with Crippen molar-refractivity contribution in [1.82, 2.24) is 9.21 Å². The zero-order valence-electron chi connectivity index (χ0n) is 15.5. The number of rotatable bonds is 5. The summed E-state index contributed by atoms with van der Waals surface area (Å²) in [5, 5.41) is 0.741. The number of halogens is 2. The monoisotopic (exact) mass is 432 g/mol. The molecule has 2 fully saturated rings. The van der Waals surface area contributed by atoms with Gasteiger partial charge >= 0.3 is 0 Å². The second-order valence-electron chi connectivity index (χ2n) is 7.59. The minimum atomic E-state index is -3.52. The van der Waals surface area contributed by atoms with Crippen molar-refractivity contribution in [3.63, 3.8) is 0 Å². The Kier molecular flexibility index (Phi) is 6.72. The molecule has 2 aliphatic rings. The van der Waals surface area contributed by atoms with Gasteiger partial charge in [-0.2, -0.15) is 0 Å². The quantitative estimate of drug-likeness (QED) is 0.707. The highest BCUT2D eigenvalue weighted by molar-refractivity contribution is 7.88. The van der Waals surface area contributed by atoms with E-state index >= 15 is 0 Å². The molecule has 1 aliphatic heterocycles. The summed E-state index contributed by atoms with van der Waals surface area (Å²) in [6, 6.07) is 5.17. The van der Waals surface area contributed by atoms with E-state index in [0.29, 0.717) is 34.6 Å². The summed E-state index contributed by atoms with van der Waals surface area (Å²) < 4.78 is 27.2. The molecule has 1 saturated heterocycles. The molecule has 1 aliphatic carbocycles. The van der Waals surface area contributed by atoms with Crippen LogP contribution in [0.2, 0.25) is 10.0 Å². The maximum absolute atomic E-state index is 12.9. The highest BCUT2D eigenvalue weighted by atomic mass is 35.5. The summed E-state index contributed by atoms with van der Waals surface area (Å²) in [7, 11) is -1.65. The van der Waals surface area contributed by atoms with Crippen molar-refractivity contribution >= 4 is 39.1 Å². The van der Waals surface area contributed by atoms with E-state index in [4.69, 9.17) is 23.2 Å². The lowest BCUT2D eigenvalue weighted by atomic mass is 9.97. The Morgan fingerprint density at radius 2 is 1.85 bits per heavy atom. The Morgan fingerprint density at radius 1 is 1.15 bits per heavy atom. The van der Waals surface area contributed by atoms with Crippen LogP contribution in [0.15, 0.2) is 18.2 Å².